The normalized spacial score (nSPS) is 10.5. The first kappa shape index (κ1) is 9.97. The second-order valence-electron chi connectivity index (χ2n) is 3.02. The predicted octanol–water partition coefficient (Wildman–Crippen LogP) is 1.79. The summed E-state index contributed by atoms with van der Waals surface area (Å²) < 4.78 is 0.687. The van der Waals surface area contributed by atoms with E-state index >= 15 is 0 Å². The zero-order valence-corrected chi connectivity index (χ0v) is 9.21. The van der Waals surface area contributed by atoms with E-state index in [9.17, 15) is 4.79 Å². The molecule has 6 heteroatoms. The predicted molar refractivity (Wildman–Crippen MR) is 57.4 cm³/mol. The van der Waals surface area contributed by atoms with E-state index < -0.39 is 5.97 Å². The lowest BCUT2D eigenvalue weighted by atomic mass is 10.2. The monoisotopic (exact) mass is 269 g/mol. The molecule has 2 aromatic rings. The van der Waals surface area contributed by atoms with Gasteiger partial charge in [-0.15, -0.1) is 0 Å². The highest BCUT2D eigenvalue weighted by molar-refractivity contribution is 9.10. The second kappa shape index (κ2) is 3.90. The smallest absolute Gasteiger partial charge is 0.309 e. The maximum absolute atomic E-state index is 10.5. The van der Waals surface area contributed by atoms with Crippen LogP contribution in [-0.2, 0) is 11.2 Å². The number of hydrogen-bond donors (Lipinski definition) is 3. The van der Waals surface area contributed by atoms with E-state index in [-0.39, 0.29) is 6.42 Å². The Labute approximate surface area is 93.6 Å². The molecular formula is C9H8BrN3O2. The first-order chi connectivity index (χ1) is 7.18. The van der Waals surface area contributed by atoms with Gasteiger partial charge in [0, 0.05) is 6.20 Å². The van der Waals surface area contributed by atoms with E-state index in [1.807, 2.05) is 12.1 Å². The van der Waals surface area contributed by atoms with Gasteiger partial charge in [0.25, 0.3) is 0 Å². The van der Waals surface area contributed by atoms with Gasteiger partial charge < -0.3 is 10.1 Å². The van der Waals surface area contributed by atoms with Gasteiger partial charge in [-0.1, -0.05) is 0 Å². The summed E-state index contributed by atoms with van der Waals surface area (Å²) in [5.74, 6) is -0.891. The van der Waals surface area contributed by atoms with Gasteiger partial charge in [0.15, 0.2) is 0 Å². The van der Waals surface area contributed by atoms with Crippen LogP contribution >= 0.6 is 15.9 Å². The molecule has 0 amide bonds. The molecule has 0 aromatic carbocycles. The first-order valence-electron chi connectivity index (χ1n) is 4.27. The molecule has 2 heterocycles. The Morgan fingerprint density at radius 3 is 3.00 bits per heavy atom. The van der Waals surface area contributed by atoms with Crippen molar-refractivity contribution in [2.45, 2.75) is 6.42 Å². The molecule has 0 spiro atoms. The van der Waals surface area contributed by atoms with Crippen molar-refractivity contribution >= 4 is 21.9 Å². The lowest BCUT2D eigenvalue weighted by Crippen LogP contribution is -2.00. The molecule has 5 nitrogen and oxygen atoms in total. The van der Waals surface area contributed by atoms with E-state index in [4.69, 9.17) is 5.11 Å². The van der Waals surface area contributed by atoms with E-state index in [2.05, 4.69) is 31.1 Å². The van der Waals surface area contributed by atoms with Crippen LogP contribution in [0.3, 0.4) is 0 Å². The third kappa shape index (κ3) is 1.94. The van der Waals surface area contributed by atoms with E-state index in [1.165, 1.54) is 0 Å². The summed E-state index contributed by atoms with van der Waals surface area (Å²) in [6, 6.07) is 3.72. The maximum Gasteiger partial charge on any atom is 0.309 e. The fraction of sp³-hybridized carbons (Fsp3) is 0.111. The van der Waals surface area contributed by atoms with Crippen LogP contribution in [0.4, 0.5) is 0 Å². The van der Waals surface area contributed by atoms with E-state index in [0.717, 1.165) is 5.69 Å². The molecule has 2 aromatic heterocycles. The van der Waals surface area contributed by atoms with Crippen LogP contribution in [0.25, 0.3) is 11.4 Å². The minimum absolute atomic E-state index is 0.0751. The number of aromatic nitrogens is 3. The van der Waals surface area contributed by atoms with Crippen molar-refractivity contribution in [2.24, 2.45) is 0 Å². The van der Waals surface area contributed by atoms with Crippen molar-refractivity contribution in [1.29, 1.82) is 0 Å². The van der Waals surface area contributed by atoms with Crippen molar-refractivity contribution in [3.05, 3.63) is 28.5 Å². The van der Waals surface area contributed by atoms with Gasteiger partial charge in [-0.2, -0.15) is 5.10 Å². The molecule has 0 unspecified atom stereocenters. The van der Waals surface area contributed by atoms with Gasteiger partial charge in [-0.25, -0.2) is 0 Å². The number of halogens is 1. The number of H-pyrrole nitrogens is 2. The Morgan fingerprint density at radius 2 is 2.40 bits per heavy atom. The Balaban J connectivity index is 2.36. The lowest BCUT2D eigenvalue weighted by Gasteiger charge is -1.94. The van der Waals surface area contributed by atoms with Crippen molar-refractivity contribution in [1.82, 2.24) is 15.2 Å². The molecule has 0 aliphatic rings. The molecule has 0 radical (unpaired) electrons. The van der Waals surface area contributed by atoms with Crippen LogP contribution in [0.1, 0.15) is 5.69 Å². The van der Waals surface area contributed by atoms with Crippen LogP contribution in [0.15, 0.2) is 22.8 Å². The molecule has 0 bridgehead atoms. The average molecular weight is 270 g/mol. The van der Waals surface area contributed by atoms with Crippen LogP contribution in [0, 0.1) is 0 Å². The zero-order chi connectivity index (χ0) is 10.8. The molecule has 0 aliphatic heterocycles. The Morgan fingerprint density at radius 1 is 1.60 bits per heavy atom. The zero-order valence-electron chi connectivity index (χ0n) is 7.62. The molecule has 0 atom stereocenters. The molecule has 2 rings (SSSR count). The number of hydrogen-bond acceptors (Lipinski definition) is 2. The summed E-state index contributed by atoms with van der Waals surface area (Å²) in [6.07, 6.45) is 1.71. The molecule has 15 heavy (non-hydrogen) atoms. The molecule has 78 valence electrons. The standard InChI is InChI=1S/C9H8BrN3O2/c10-8-6(4-7(14)15)12-13-9(8)5-2-1-3-11-5/h1-3,11H,4H2,(H,12,13)(H,14,15). The summed E-state index contributed by atoms with van der Waals surface area (Å²) in [5.41, 5.74) is 2.10. The van der Waals surface area contributed by atoms with Crippen molar-refractivity contribution in [3.8, 4) is 11.4 Å². The summed E-state index contributed by atoms with van der Waals surface area (Å²) >= 11 is 3.32. The van der Waals surface area contributed by atoms with Gasteiger partial charge in [0.2, 0.25) is 0 Å². The van der Waals surface area contributed by atoms with Crippen LogP contribution in [0.2, 0.25) is 0 Å². The fourth-order valence-corrected chi connectivity index (χ4v) is 1.82. The van der Waals surface area contributed by atoms with E-state index in [1.54, 1.807) is 6.20 Å². The first-order valence-corrected chi connectivity index (χ1v) is 5.06. The van der Waals surface area contributed by atoms with Gasteiger partial charge in [-0.05, 0) is 28.1 Å². The van der Waals surface area contributed by atoms with Crippen molar-refractivity contribution in [2.75, 3.05) is 0 Å². The molecular weight excluding hydrogens is 262 g/mol. The van der Waals surface area contributed by atoms with Crippen molar-refractivity contribution in [3.63, 3.8) is 0 Å². The third-order valence-corrected chi connectivity index (χ3v) is 2.81. The topological polar surface area (TPSA) is 81.8 Å². The number of carboxylic acids is 1. The quantitative estimate of drug-likeness (QED) is 0.795. The minimum Gasteiger partial charge on any atom is -0.481 e. The van der Waals surface area contributed by atoms with Gasteiger partial charge in [-0.3, -0.25) is 9.89 Å². The average Bonchev–Trinajstić information content (AvgIpc) is 2.76. The third-order valence-electron chi connectivity index (χ3n) is 1.96. The highest BCUT2D eigenvalue weighted by atomic mass is 79.9. The highest BCUT2D eigenvalue weighted by Gasteiger charge is 2.14. The number of rotatable bonds is 3. The van der Waals surface area contributed by atoms with Crippen molar-refractivity contribution < 1.29 is 9.90 Å². The molecule has 0 fully saturated rings. The molecule has 0 saturated carbocycles. The summed E-state index contributed by atoms with van der Waals surface area (Å²) in [5, 5.41) is 15.4. The number of nitrogens with zero attached hydrogens (tertiary/aromatic N) is 1. The molecule has 0 aliphatic carbocycles. The number of nitrogens with one attached hydrogen (secondary N) is 2. The Hall–Kier alpha value is -1.56. The number of carboxylic acid groups (broad SMARTS) is 1. The second-order valence-corrected chi connectivity index (χ2v) is 3.81. The fourth-order valence-electron chi connectivity index (χ4n) is 1.29. The van der Waals surface area contributed by atoms with E-state index in [0.29, 0.717) is 15.9 Å². The maximum atomic E-state index is 10.5. The summed E-state index contributed by atoms with van der Waals surface area (Å²) in [6.45, 7) is 0. The lowest BCUT2D eigenvalue weighted by molar-refractivity contribution is -0.136. The van der Waals surface area contributed by atoms with Crippen LogP contribution < -0.4 is 0 Å². The molecule has 0 saturated heterocycles. The molecule has 3 N–H and O–H groups in total. The number of carbonyl (C=O) groups is 1. The van der Waals surface area contributed by atoms with Gasteiger partial charge in [0.05, 0.1) is 22.3 Å². The largest absolute Gasteiger partial charge is 0.481 e. The summed E-state index contributed by atoms with van der Waals surface area (Å²) in [7, 11) is 0. The van der Waals surface area contributed by atoms with Crippen LogP contribution in [-0.4, -0.2) is 26.3 Å². The SMILES string of the molecule is O=C(O)Cc1[nH]nc(-c2ccc[nH]2)c1Br. The Bertz CT molecular complexity index is 476. The number of aromatic amines is 2. The summed E-state index contributed by atoms with van der Waals surface area (Å²) in [4.78, 5) is 13.5. The highest BCUT2D eigenvalue weighted by Crippen LogP contribution is 2.27. The van der Waals surface area contributed by atoms with Gasteiger partial charge >= 0.3 is 5.97 Å². The number of aliphatic carboxylic acids is 1. The minimum atomic E-state index is -0.891. The van der Waals surface area contributed by atoms with Crippen LogP contribution in [0.5, 0.6) is 0 Å². The Kier molecular flexibility index (Phi) is 2.59. The van der Waals surface area contributed by atoms with Gasteiger partial charge in [0.1, 0.15) is 5.69 Å².